The van der Waals surface area contributed by atoms with Crippen LogP contribution in [0.15, 0.2) is 36.4 Å². The first-order valence-electron chi connectivity index (χ1n) is 9.07. The third kappa shape index (κ3) is 3.61. The zero-order valence-electron chi connectivity index (χ0n) is 14.6. The van der Waals surface area contributed by atoms with Crippen LogP contribution < -0.4 is 10.6 Å². The SMILES string of the molecule is NCc1ccc(N2CC3(C2)CN([C@H]2C=C[C@@H](OC(F)(F)F)CC2)C3)cc1. The summed E-state index contributed by atoms with van der Waals surface area (Å²) in [5, 5.41) is 0. The van der Waals surface area contributed by atoms with Crippen LogP contribution in [0.5, 0.6) is 0 Å². The number of ether oxygens (including phenoxy) is 1. The summed E-state index contributed by atoms with van der Waals surface area (Å²) in [5.74, 6) is 0. The Morgan fingerprint density at radius 3 is 2.27 bits per heavy atom. The summed E-state index contributed by atoms with van der Waals surface area (Å²) < 4.78 is 40.9. The molecule has 1 spiro atoms. The second kappa shape index (κ2) is 6.55. The average Bonchev–Trinajstić information content (AvgIpc) is 2.53. The monoisotopic (exact) mass is 367 g/mol. The number of hydrogen-bond donors (Lipinski definition) is 1. The number of halogens is 3. The normalized spacial score (nSPS) is 28.1. The summed E-state index contributed by atoms with van der Waals surface area (Å²) in [6.45, 7) is 4.68. The van der Waals surface area contributed by atoms with Crippen molar-refractivity contribution >= 4 is 5.69 Å². The van der Waals surface area contributed by atoms with Crippen LogP contribution in [0.4, 0.5) is 18.9 Å². The van der Waals surface area contributed by atoms with Gasteiger partial charge in [0.2, 0.25) is 0 Å². The molecule has 4 rings (SSSR count). The molecule has 0 radical (unpaired) electrons. The molecule has 2 saturated heterocycles. The standard InChI is InChI=1S/C19H24F3N3O/c20-19(21,22)26-17-7-5-16(6-8-17)25-12-18(13-25)10-24(11-18)15-3-1-14(9-23)2-4-15/h1-5,7,16-17H,6,8-13,23H2/t16-,17+/m0/s1. The van der Waals surface area contributed by atoms with Gasteiger partial charge in [-0.1, -0.05) is 24.3 Å². The van der Waals surface area contributed by atoms with Crippen molar-refractivity contribution in [1.82, 2.24) is 4.90 Å². The number of alkyl halides is 3. The predicted molar refractivity (Wildman–Crippen MR) is 93.6 cm³/mol. The van der Waals surface area contributed by atoms with Crippen LogP contribution in [0.25, 0.3) is 0 Å². The number of hydrogen-bond acceptors (Lipinski definition) is 4. The molecule has 142 valence electrons. The van der Waals surface area contributed by atoms with Gasteiger partial charge in [0, 0.05) is 49.9 Å². The molecular weight excluding hydrogens is 343 g/mol. The van der Waals surface area contributed by atoms with Crippen molar-refractivity contribution in [3.63, 3.8) is 0 Å². The Hall–Kier alpha value is -1.57. The van der Waals surface area contributed by atoms with Gasteiger partial charge in [0.1, 0.15) is 0 Å². The van der Waals surface area contributed by atoms with Gasteiger partial charge in [0.15, 0.2) is 0 Å². The van der Waals surface area contributed by atoms with Gasteiger partial charge in [0.25, 0.3) is 0 Å². The van der Waals surface area contributed by atoms with Gasteiger partial charge in [-0.25, -0.2) is 0 Å². The van der Waals surface area contributed by atoms with Crippen molar-refractivity contribution in [3.05, 3.63) is 42.0 Å². The number of nitrogens with zero attached hydrogens (tertiary/aromatic N) is 2. The van der Waals surface area contributed by atoms with Crippen LogP contribution in [0.1, 0.15) is 18.4 Å². The van der Waals surface area contributed by atoms with Crippen LogP contribution in [-0.2, 0) is 11.3 Å². The van der Waals surface area contributed by atoms with Crippen molar-refractivity contribution < 1.29 is 17.9 Å². The van der Waals surface area contributed by atoms with E-state index in [0.29, 0.717) is 18.4 Å². The maximum Gasteiger partial charge on any atom is 0.523 e. The first-order valence-corrected chi connectivity index (χ1v) is 9.07. The third-order valence-corrected chi connectivity index (χ3v) is 5.72. The molecule has 0 bridgehead atoms. The van der Waals surface area contributed by atoms with Gasteiger partial charge >= 0.3 is 6.36 Å². The molecule has 3 aliphatic rings. The molecule has 0 unspecified atom stereocenters. The zero-order valence-corrected chi connectivity index (χ0v) is 14.6. The lowest BCUT2D eigenvalue weighted by Gasteiger charge is -2.62. The van der Waals surface area contributed by atoms with Crippen LogP contribution >= 0.6 is 0 Å². The van der Waals surface area contributed by atoms with Crippen LogP contribution in [0.3, 0.4) is 0 Å². The fourth-order valence-electron chi connectivity index (χ4n) is 4.39. The van der Waals surface area contributed by atoms with Gasteiger partial charge in [-0.2, -0.15) is 0 Å². The fourth-order valence-corrected chi connectivity index (χ4v) is 4.39. The maximum atomic E-state index is 12.3. The van der Waals surface area contributed by atoms with Crippen LogP contribution in [0.2, 0.25) is 0 Å². The van der Waals surface area contributed by atoms with Crippen molar-refractivity contribution in [2.75, 3.05) is 31.1 Å². The Bertz CT molecular complexity index is 660. The van der Waals surface area contributed by atoms with Crippen molar-refractivity contribution in [2.45, 2.75) is 37.9 Å². The molecular formula is C19H24F3N3O. The van der Waals surface area contributed by atoms with E-state index >= 15 is 0 Å². The molecule has 4 nitrogen and oxygen atoms in total. The molecule has 1 aromatic rings. The summed E-state index contributed by atoms with van der Waals surface area (Å²) in [7, 11) is 0. The molecule has 1 aliphatic carbocycles. The molecule has 0 aromatic heterocycles. The van der Waals surface area contributed by atoms with E-state index in [2.05, 4.69) is 38.8 Å². The summed E-state index contributed by atoms with van der Waals surface area (Å²) >= 11 is 0. The van der Waals surface area contributed by atoms with Gasteiger partial charge < -0.3 is 10.6 Å². The lowest BCUT2D eigenvalue weighted by molar-refractivity contribution is -0.337. The largest absolute Gasteiger partial charge is 0.523 e. The van der Waals surface area contributed by atoms with E-state index in [0.717, 1.165) is 38.2 Å². The molecule has 2 fully saturated rings. The average molecular weight is 367 g/mol. The highest BCUT2D eigenvalue weighted by atomic mass is 19.4. The molecule has 2 heterocycles. The topological polar surface area (TPSA) is 41.7 Å². The van der Waals surface area contributed by atoms with E-state index in [1.54, 1.807) is 6.08 Å². The van der Waals surface area contributed by atoms with Gasteiger partial charge in [-0.05, 0) is 30.5 Å². The summed E-state index contributed by atoms with van der Waals surface area (Å²) in [6, 6.07) is 8.62. The molecule has 2 N–H and O–H groups in total. The Kier molecular flexibility index (Phi) is 4.49. The third-order valence-electron chi connectivity index (χ3n) is 5.72. The molecule has 2 aliphatic heterocycles. The fraction of sp³-hybridized carbons (Fsp3) is 0.579. The van der Waals surface area contributed by atoms with Crippen LogP contribution in [0, 0.1) is 5.41 Å². The second-order valence-corrected chi connectivity index (χ2v) is 7.76. The quantitative estimate of drug-likeness (QED) is 0.831. The van der Waals surface area contributed by atoms with Crippen LogP contribution in [-0.4, -0.2) is 49.6 Å². The molecule has 0 amide bonds. The van der Waals surface area contributed by atoms with Gasteiger partial charge in [0.05, 0.1) is 6.10 Å². The highest BCUT2D eigenvalue weighted by molar-refractivity contribution is 5.51. The highest BCUT2D eigenvalue weighted by Gasteiger charge is 2.53. The first-order chi connectivity index (χ1) is 12.4. The van der Waals surface area contributed by atoms with E-state index in [9.17, 15) is 13.2 Å². The summed E-state index contributed by atoms with van der Waals surface area (Å²) in [5.41, 5.74) is 8.35. The molecule has 2 atom stereocenters. The minimum absolute atomic E-state index is 0.242. The highest BCUT2D eigenvalue weighted by Crippen LogP contribution is 2.43. The van der Waals surface area contributed by atoms with Crippen molar-refractivity contribution in [1.29, 1.82) is 0 Å². The Morgan fingerprint density at radius 2 is 1.73 bits per heavy atom. The van der Waals surface area contributed by atoms with E-state index in [1.807, 2.05) is 6.08 Å². The molecule has 7 heteroatoms. The number of benzene rings is 1. The molecule has 0 saturated carbocycles. The maximum absolute atomic E-state index is 12.3. The number of rotatable bonds is 4. The minimum atomic E-state index is -4.56. The lowest BCUT2D eigenvalue weighted by Crippen LogP contribution is -2.73. The second-order valence-electron chi connectivity index (χ2n) is 7.76. The first kappa shape index (κ1) is 17.8. The van der Waals surface area contributed by atoms with Crippen molar-refractivity contribution in [3.8, 4) is 0 Å². The smallest absolute Gasteiger partial charge is 0.370 e. The molecule has 1 aromatic carbocycles. The number of likely N-dealkylation sites (tertiary alicyclic amines) is 1. The predicted octanol–water partition coefficient (Wildman–Crippen LogP) is 2.89. The van der Waals surface area contributed by atoms with E-state index in [4.69, 9.17) is 5.73 Å². The van der Waals surface area contributed by atoms with Gasteiger partial charge in [-0.3, -0.25) is 9.64 Å². The Morgan fingerprint density at radius 1 is 1.04 bits per heavy atom. The number of anilines is 1. The van der Waals surface area contributed by atoms with Crippen molar-refractivity contribution in [2.24, 2.45) is 11.1 Å². The van der Waals surface area contributed by atoms with E-state index in [-0.39, 0.29) is 6.04 Å². The number of nitrogens with two attached hydrogens (primary N) is 1. The van der Waals surface area contributed by atoms with Gasteiger partial charge in [-0.15, -0.1) is 13.2 Å². The Labute approximate surface area is 151 Å². The Balaban J connectivity index is 1.24. The molecule has 26 heavy (non-hydrogen) atoms. The lowest BCUT2D eigenvalue weighted by atomic mass is 9.71. The summed E-state index contributed by atoms with van der Waals surface area (Å²) in [6.07, 6.45) is -0.799. The van der Waals surface area contributed by atoms with E-state index in [1.165, 1.54) is 5.69 Å². The zero-order chi connectivity index (χ0) is 18.4. The summed E-state index contributed by atoms with van der Waals surface area (Å²) in [4.78, 5) is 4.75. The van der Waals surface area contributed by atoms with E-state index < -0.39 is 12.5 Å². The minimum Gasteiger partial charge on any atom is -0.370 e.